The molecule has 0 aliphatic carbocycles. The predicted molar refractivity (Wildman–Crippen MR) is 266 cm³/mol. The molecule has 2 saturated heterocycles. The smallest absolute Gasteiger partial charge is 0.460 e. The number of amides is 2. The van der Waals surface area contributed by atoms with Crippen molar-refractivity contribution in [3.63, 3.8) is 0 Å². The lowest BCUT2D eigenvalue weighted by Gasteiger charge is -2.45. The molecule has 0 bridgehead atoms. The Morgan fingerprint density at radius 1 is 0.548 bits per heavy atom. The molecule has 2 amide bonds. The van der Waals surface area contributed by atoms with E-state index in [1.54, 1.807) is 0 Å². The van der Waals surface area contributed by atoms with Crippen LogP contribution in [0.5, 0.6) is 0 Å². The van der Waals surface area contributed by atoms with E-state index in [-0.39, 0.29) is 19.3 Å². The Balaban J connectivity index is 2.25. The molecule has 0 spiro atoms. The Labute approximate surface area is 431 Å². The summed E-state index contributed by atoms with van der Waals surface area (Å²) in [5.74, 6) is -2.66. The van der Waals surface area contributed by atoms with Crippen LogP contribution in [0.25, 0.3) is 0 Å². The summed E-state index contributed by atoms with van der Waals surface area (Å²) in [5.41, 5.74) is 0. The molecule has 2 aliphatic rings. The highest BCUT2D eigenvalue weighted by molar-refractivity contribution is 7.46. The first-order chi connectivity index (χ1) is 34.6. The molecule has 2 heterocycles. The van der Waals surface area contributed by atoms with Crippen molar-refractivity contribution in [1.29, 1.82) is 0 Å². The molecule has 12 N–H and O–H groups in total. The molecular formula is C48H92N2O21P2. The number of carbonyl (C=O) groups excluding carboxylic acids is 3. The Morgan fingerprint density at radius 3 is 1.48 bits per heavy atom. The first kappa shape index (κ1) is 67.4. The second-order valence-electron chi connectivity index (χ2n) is 19.6. The minimum absolute atomic E-state index is 0.156. The zero-order chi connectivity index (χ0) is 54.4. The monoisotopic (exact) mass is 1090 g/mol. The van der Waals surface area contributed by atoms with Gasteiger partial charge in [-0.15, -0.1) is 0 Å². The normalized spacial score (nSPS) is 26.0. The van der Waals surface area contributed by atoms with E-state index < -0.39 is 139 Å². The minimum Gasteiger partial charge on any atom is -0.460 e. The van der Waals surface area contributed by atoms with Crippen LogP contribution in [0.4, 0.5) is 0 Å². The van der Waals surface area contributed by atoms with Crippen molar-refractivity contribution in [2.45, 2.75) is 274 Å². The van der Waals surface area contributed by atoms with Crippen LogP contribution in [-0.4, -0.2) is 161 Å². The lowest BCUT2D eigenvalue weighted by atomic mass is 9.95. The number of carbonyl (C=O) groups is 3. The number of phosphoric acid groups is 2. The summed E-state index contributed by atoms with van der Waals surface area (Å²) in [6.07, 6.45) is 1.76. The van der Waals surface area contributed by atoms with E-state index in [0.717, 1.165) is 116 Å². The standard InChI is InChI=1S/C48H92N2O21P2/c1-4-7-10-13-16-19-22-25-28-35(53)46(59)67-34(27-24-21-18-15-12-9-6-3)30-39(55)50-41-44(58)45(70-72(60,61)62)36(31-51)68-47(41)66-32-37-42(56)43(57)40(48(69-37)71-73(63,64)65)49-38(54)29-33(52)26-23-20-17-14-11-8-5-2/h33-37,40-45,47-48,51-53,56-58H,4-32H2,1-3H3,(H,49,54)(H,50,55)(H2,60,61,62)(H2,63,64,65)/t33-,34-,35+,36-,37-,40-,41-,42-,43-,44-,45-,47-,48-/m1/s1. The number of hydrogen-bond acceptors (Lipinski definition) is 17. The van der Waals surface area contributed by atoms with Gasteiger partial charge in [0, 0.05) is 0 Å². The maximum Gasteiger partial charge on any atom is 0.472 e. The van der Waals surface area contributed by atoms with Gasteiger partial charge >= 0.3 is 21.6 Å². The van der Waals surface area contributed by atoms with Crippen molar-refractivity contribution >= 4 is 33.4 Å². The number of rotatable bonds is 41. The summed E-state index contributed by atoms with van der Waals surface area (Å²) in [6, 6.07) is -3.59. The lowest BCUT2D eigenvalue weighted by Crippen LogP contribution is -2.67. The van der Waals surface area contributed by atoms with Crippen molar-refractivity contribution in [1.82, 2.24) is 10.6 Å². The van der Waals surface area contributed by atoms with Gasteiger partial charge in [-0.05, 0) is 25.7 Å². The van der Waals surface area contributed by atoms with Gasteiger partial charge in [0.1, 0.15) is 54.8 Å². The fourth-order valence-corrected chi connectivity index (χ4v) is 10.0. The summed E-state index contributed by atoms with van der Waals surface area (Å²) in [7, 11) is -10.8. The van der Waals surface area contributed by atoms with E-state index in [9.17, 15) is 73.7 Å². The number of aliphatic hydroxyl groups is 6. The van der Waals surface area contributed by atoms with E-state index >= 15 is 0 Å². The van der Waals surface area contributed by atoms with Crippen molar-refractivity contribution in [3.8, 4) is 0 Å². The Morgan fingerprint density at radius 2 is 0.986 bits per heavy atom. The van der Waals surface area contributed by atoms with Crippen LogP contribution in [0.3, 0.4) is 0 Å². The summed E-state index contributed by atoms with van der Waals surface area (Å²) in [5, 5.41) is 70.1. The topological polar surface area (TPSA) is 367 Å². The van der Waals surface area contributed by atoms with Crippen molar-refractivity contribution in [3.05, 3.63) is 0 Å². The van der Waals surface area contributed by atoms with Gasteiger partial charge < -0.3 is 79.8 Å². The van der Waals surface area contributed by atoms with Gasteiger partial charge in [0.25, 0.3) is 0 Å². The molecule has 25 heteroatoms. The van der Waals surface area contributed by atoms with Crippen molar-refractivity contribution in [2.75, 3.05) is 13.2 Å². The van der Waals surface area contributed by atoms with E-state index in [4.69, 9.17) is 28.0 Å². The fraction of sp³-hybridized carbons (Fsp3) is 0.938. The Bertz CT molecular complexity index is 1610. The predicted octanol–water partition coefficient (Wildman–Crippen LogP) is 4.31. The Hall–Kier alpha value is -1.73. The third kappa shape index (κ3) is 28.5. The average molecular weight is 1100 g/mol. The average Bonchev–Trinajstić information content (AvgIpc) is 3.31. The molecule has 0 aromatic carbocycles. The van der Waals surface area contributed by atoms with Gasteiger partial charge in [0.15, 0.2) is 18.7 Å². The van der Waals surface area contributed by atoms with E-state index in [0.29, 0.717) is 19.3 Å². The first-order valence-corrected chi connectivity index (χ1v) is 29.9. The highest BCUT2D eigenvalue weighted by Gasteiger charge is 2.52. The number of phosphoric ester groups is 2. The SMILES string of the molecule is CCCCCCCCCC[C@H](O)C(=O)O[C@H](CCCCCCCCC)CC(=O)N[C@H]1[C@H](OC[C@H]2O[C@H](OP(=O)(O)O)[C@H](NC(=O)C[C@H](O)CCCCCCCCC)[C@@H](O)[C@@H]2O)O[C@H](CO)[C@@H](OP(=O)(O)O)[C@@H]1O. The van der Waals surface area contributed by atoms with Gasteiger partial charge in [0.2, 0.25) is 11.8 Å². The summed E-state index contributed by atoms with van der Waals surface area (Å²) >= 11 is 0. The molecule has 23 nitrogen and oxygen atoms in total. The second kappa shape index (κ2) is 37.1. The van der Waals surface area contributed by atoms with Crippen LogP contribution in [0.15, 0.2) is 0 Å². The molecule has 73 heavy (non-hydrogen) atoms. The quantitative estimate of drug-likeness (QED) is 0.0230. The molecule has 0 aromatic heterocycles. The van der Waals surface area contributed by atoms with E-state index in [1.165, 1.54) is 6.42 Å². The number of ether oxygens (including phenoxy) is 4. The van der Waals surface area contributed by atoms with E-state index in [1.807, 2.05) is 0 Å². The van der Waals surface area contributed by atoms with Crippen LogP contribution in [0, 0.1) is 0 Å². The lowest BCUT2D eigenvalue weighted by molar-refractivity contribution is -0.294. The highest BCUT2D eigenvalue weighted by Crippen LogP contribution is 2.43. The van der Waals surface area contributed by atoms with Crippen LogP contribution in [-0.2, 0) is 51.5 Å². The molecule has 0 aromatic rings. The number of esters is 1. The molecule has 0 unspecified atom stereocenters. The molecule has 13 atom stereocenters. The fourth-order valence-electron chi connectivity index (χ4n) is 9.00. The van der Waals surface area contributed by atoms with Gasteiger partial charge in [-0.25, -0.2) is 13.9 Å². The molecule has 2 aliphatic heterocycles. The molecule has 2 fully saturated rings. The summed E-state index contributed by atoms with van der Waals surface area (Å²) in [4.78, 5) is 78.8. The maximum atomic E-state index is 13.9. The largest absolute Gasteiger partial charge is 0.472 e. The van der Waals surface area contributed by atoms with Crippen LogP contribution >= 0.6 is 15.6 Å². The van der Waals surface area contributed by atoms with Crippen LogP contribution < -0.4 is 10.6 Å². The third-order valence-electron chi connectivity index (χ3n) is 13.1. The molecule has 2 rings (SSSR count). The third-order valence-corrected chi connectivity index (χ3v) is 14.1. The number of aliphatic hydroxyl groups excluding tert-OH is 6. The van der Waals surface area contributed by atoms with Crippen LogP contribution in [0.2, 0.25) is 0 Å². The Kier molecular flexibility index (Phi) is 34.3. The number of unbranched alkanes of at least 4 members (excludes halogenated alkanes) is 19. The molecule has 430 valence electrons. The van der Waals surface area contributed by atoms with Gasteiger partial charge in [-0.3, -0.25) is 18.6 Å². The zero-order valence-corrected chi connectivity index (χ0v) is 45.2. The number of nitrogens with one attached hydrogen (secondary N) is 2. The van der Waals surface area contributed by atoms with E-state index in [2.05, 4.69) is 31.4 Å². The highest BCUT2D eigenvalue weighted by atomic mass is 31.2. The number of hydrogen-bond donors (Lipinski definition) is 12. The zero-order valence-electron chi connectivity index (χ0n) is 43.4. The van der Waals surface area contributed by atoms with Crippen molar-refractivity contribution in [2.24, 2.45) is 0 Å². The van der Waals surface area contributed by atoms with Gasteiger partial charge in [-0.1, -0.05) is 156 Å². The molecular weight excluding hydrogens is 1000 g/mol. The minimum atomic E-state index is -5.43. The van der Waals surface area contributed by atoms with Gasteiger partial charge in [-0.2, -0.15) is 0 Å². The van der Waals surface area contributed by atoms with Gasteiger partial charge in [0.05, 0.1) is 32.2 Å². The first-order valence-electron chi connectivity index (χ1n) is 26.8. The summed E-state index contributed by atoms with van der Waals surface area (Å²) < 4.78 is 56.4. The van der Waals surface area contributed by atoms with Crippen molar-refractivity contribution < 1.29 is 102 Å². The molecule has 0 radical (unpaired) electrons. The second-order valence-corrected chi connectivity index (χ2v) is 22.0. The van der Waals surface area contributed by atoms with Crippen LogP contribution in [0.1, 0.15) is 194 Å². The molecule has 0 saturated carbocycles. The summed E-state index contributed by atoms with van der Waals surface area (Å²) in [6.45, 7) is 4.46. The maximum absolute atomic E-state index is 13.9.